The van der Waals surface area contributed by atoms with Gasteiger partial charge in [0.1, 0.15) is 23.4 Å². The van der Waals surface area contributed by atoms with Gasteiger partial charge < -0.3 is 14.5 Å². The van der Waals surface area contributed by atoms with Crippen molar-refractivity contribution in [2.75, 3.05) is 44.2 Å². The molecule has 0 aromatic heterocycles. The fourth-order valence-corrected chi connectivity index (χ4v) is 5.16. The molecule has 0 radical (unpaired) electrons. The second-order valence-electron chi connectivity index (χ2n) is 10.6. The van der Waals surface area contributed by atoms with Gasteiger partial charge in [0.05, 0.1) is 12.5 Å². The minimum Gasteiger partial charge on any atom is -0.444 e. The first-order chi connectivity index (χ1) is 16.9. The molecule has 8 nitrogen and oxygen atoms in total. The highest BCUT2D eigenvalue weighted by Crippen LogP contribution is 2.34. The van der Waals surface area contributed by atoms with Gasteiger partial charge in [-0.2, -0.15) is 0 Å². The third-order valence-corrected chi connectivity index (χ3v) is 6.96. The number of ether oxygens (including phenoxy) is 1. The van der Waals surface area contributed by atoms with Gasteiger partial charge in [-0.3, -0.25) is 19.8 Å². The van der Waals surface area contributed by atoms with E-state index in [1.54, 1.807) is 9.80 Å². The topological polar surface area (TPSA) is 82.2 Å². The first-order valence-corrected chi connectivity index (χ1v) is 12.4. The van der Waals surface area contributed by atoms with Crippen molar-refractivity contribution in [3.63, 3.8) is 0 Å². The van der Waals surface area contributed by atoms with E-state index in [4.69, 9.17) is 4.74 Å². The Hall–Kier alpha value is -2.82. The molecule has 3 atom stereocenters. The first kappa shape index (κ1) is 26.2. The fourth-order valence-electron chi connectivity index (χ4n) is 5.16. The molecule has 1 unspecified atom stereocenters. The largest absolute Gasteiger partial charge is 0.444 e. The van der Waals surface area contributed by atoms with Gasteiger partial charge in [0, 0.05) is 56.4 Å². The van der Waals surface area contributed by atoms with Gasteiger partial charge >= 0.3 is 6.09 Å². The lowest BCUT2D eigenvalue weighted by Crippen LogP contribution is -2.58. The summed E-state index contributed by atoms with van der Waals surface area (Å²) in [6.45, 7) is 7.75. The third-order valence-electron chi connectivity index (χ3n) is 6.96. The number of hydrogen-bond donors (Lipinski definition) is 1. The summed E-state index contributed by atoms with van der Waals surface area (Å²) in [4.78, 5) is 41.0. The van der Waals surface area contributed by atoms with E-state index in [9.17, 15) is 23.2 Å². The molecular weight excluding hydrogens is 477 g/mol. The lowest BCUT2D eigenvalue weighted by atomic mass is 9.89. The Balaban J connectivity index is 1.36. The number of piperidine rings is 2. The molecule has 4 rings (SSSR count). The number of nitrogens with zero attached hydrogens (tertiary/aromatic N) is 3. The molecule has 1 aromatic rings. The number of carbonyl (C=O) groups is 3. The molecule has 0 aliphatic carbocycles. The van der Waals surface area contributed by atoms with Gasteiger partial charge in [-0.25, -0.2) is 18.0 Å². The number of rotatable bonds is 3. The van der Waals surface area contributed by atoms with Crippen molar-refractivity contribution in [2.24, 2.45) is 0 Å². The van der Waals surface area contributed by atoms with Crippen molar-refractivity contribution in [1.29, 1.82) is 0 Å². The number of imide groups is 1. The maximum absolute atomic E-state index is 15.2. The number of anilines is 1. The van der Waals surface area contributed by atoms with E-state index in [1.807, 2.05) is 25.7 Å². The second kappa shape index (κ2) is 10.3. The van der Waals surface area contributed by atoms with Crippen LogP contribution in [-0.4, -0.2) is 84.8 Å². The summed E-state index contributed by atoms with van der Waals surface area (Å²) in [7, 11) is 0. The van der Waals surface area contributed by atoms with Crippen molar-refractivity contribution in [3.8, 4) is 0 Å². The minimum absolute atomic E-state index is 0.0140. The van der Waals surface area contributed by atoms with Crippen molar-refractivity contribution in [3.05, 3.63) is 29.3 Å². The van der Waals surface area contributed by atoms with Crippen molar-refractivity contribution < 1.29 is 32.3 Å². The Morgan fingerprint density at radius 2 is 1.67 bits per heavy atom. The summed E-state index contributed by atoms with van der Waals surface area (Å²) in [6.07, 6.45) is -1.10. The number of carbonyl (C=O) groups excluding carboxylic acids is 3. The van der Waals surface area contributed by atoms with Crippen LogP contribution in [-0.2, 0) is 14.3 Å². The van der Waals surface area contributed by atoms with Crippen LogP contribution in [0.15, 0.2) is 12.1 Å². The Morgan fingerprint density at radius 3 is 2.22 bits per heavy atom. The maximum atomic E-state index is 15.2. The molecule has 3 fully saturated rings. The normalized spacial score (nSPS) is 26.1. The van der Waals surface area contributed by atoms with Gasteiger partial charge in [-0.15, -0.1) is 0 Å². The molecule has 3 aliphatic rings. The van der Waals surface area contributed by atoms with E-state index >= 15 is 4.39 Å². The molecule has 1 N–H and O–H groups in total. The zero-order chi connectivity index (χ0) is 26.2. The predicted octanol–water partition coefficient (Wildman–Crippen LogP) is 2.95. The highest BCUT2D eigenvalue weighted by molar-refractivity contribution is 6.01. The average molecular weight is 511 g/mol. The number of hydrogen-bond acceptors (Lipinski definition) is 6. The quantitative estimate of drug-likeness (QED) is 0.630. The van der Waals surface area contributed by atoms with Crippen LogP contribution in [0.25, 0.3) is 0 Å². The van der Waals surface area contributed by atoms with Crippen LogP contribution in [0.1, 0.15) is 51.5 Å². The van der Waals surface area contributed by atoms with E-state index in [2.05, 4.69) is 5.32 Å². The monoisotopic (exact) mass is 510 g/mol. The van der Waals surface area contributed by atoms with E-state index in [0.29, 0.717) is 39.1 Å². The van der Waals surface area contributed by atoms with Gasteiger partial charge in [0.2, 0.25) is 11.8 Å². The molecule has 3 saturated heterocycles. The van der Waals surface area contributed by atoms with Crippen LogP contribution in [0.5, 0.6) is 0 Å². The number of alkyl halides is 1. The molecule has 0 bridgehead atoms. The summed E-state index contributed by atoms with van der Waals surface area (Å²) < 4.78 is 50.5. The average Bonchev–Trinajstić information content (AvgIpc) is 2.79. The summed E-state index contributed by atoms with van der Waals surface area (Å²) in [6, 6.07) is 1.92. The molecule has 1 aromatic carbocycles. The lowest BCUT2D eigenvalue weighted by Gasteiger charge is -2.44. The second-order valence-corrected chi connectivity index (χ2v) is 10.6. The fraction of sp³-hybridized carbons (Fsp3) is 0.640. The Morgan fingerprint density at radius 1 is 1.03 bits per heavy atom. The lowest BCUT2D eigenvalue weighted by molar-refractivity contribution is -0.134. The van der Waals surface area contributed by atoms with E-state index < -0.39 is 41.1 Å². The number of benzene rings is 1. The van der Waals surface area contributed by atoms with Crippen LogP contribution in [0.4, 0.5) is 23.7 Å². The maximum Gasteiger partial charge on any atom is 0.410 e. The third kappa shape index (κ3) is 5.77. The highest BCUT2D eigenvalue weighted by atomic mass is 19.1. The minimum atomic E-state index is -1.24. The van der Waals surface area contributed by atoms with Crippen LogP contribution < -0.4 is 10.2 Å². The molecule has 0 saturated carbocycles. The summed E-state index contributed by atoms with van der Waals surface area (Å²) >= 11 is 0. The molecule has 3 amide bonds. The molecule has 11 heteroatoms. The number of halogens is 3. The summed E-state index contributed by atoms with van der Waals surface area (Å²) in [5.41, 5.74) is -0.723. The molecule has 3 aliphatic heterocycles. The van der Waals surface area contributed by atoms with Crippen LogP contribution >= 0.6 is 0 Å². The van der Waals surface area contributed by atoms with Gasteiger partial charge in [-0.1, -0.05) is 0 Å². The molecule has 198 valence electrons. The number of nitrogens with one attached hydrogen (secondary N) is 1. The van der Waals surface area contributed by atoms with E-state index in [1.165, 1.54) is 0 Å². The van der Waals surface area contributed by atoms with E-state index in [0.717, 1.165) is 12.1 Å². The smallest absolute Gasteiger partial charge is 0.410 e. The Bertz CT molecular complexity index is 1000. The van der Waals surface area contributed by atoms with Crippen LogP contribution in [0.3, 0.4) is 0 Å². The van der Waals surface area contributed by atoms with Crippen LogP contribution in [0, 0.1) is 11.6 Å². The summed E-state index contributed by atoms with van der Waals surface area (Å²) in [5.74, 6) is -4.01. The predicted molar refractivity (Wildman–Crippen MR) is 126 cm³/mol. The molecular formula is C25H33F3N4O4. The number of piperazine rings is 1. The Labute approximate surface area is 208 Å². The SMILES string of the molecule is CC(C)(C)OC(=O)N1CCN([C@H]2CCN(c3cc(F)c(C4CCC(=O)NC4=O)c(F)c3)C[C@H]2F)CC1. The van der Waals surface area contributed by atoms with E-state index in [-0.39, 0.29) is 42.8 Å². The Kier molecular flexibility index (Phi) is 7.49. The van der Waals surface area contributed by atoms with Gasteiger partial charge in [0.15, 0.2) is 0 Å². The zero-order valence-corrected chi connectivity index (χ0v) is 20.9. The van der Waals surface area contributed by atoms with Crippen molar-refractivity contribution in [2.45, 2.75) is 63.8 Å². The van der Waals surface area contributed by atoms with Crippen molar-refractivity contribution >= 4 is 23.6 Å². The van der Waals surface area contributed by atoms with Crippen molar-refractivity contribution in [1.82, 2.24) is 15.1 Å². The molecule has 3 heterocycles. The zero-order valence-electron chi connectivity index (χ0n) is 20.9. The first-order valence-electron chi connectivity index (χ1n) is 12.4. The van der Waals surface area contributed by atoms with Gasteiger partial charge in [-0.05, 0) is 45.7 Å². The van der Waals surface area contributed by atoms with Crippen LogP contribution in [0.2, 0.25) is 0 Å². The highest BCUT2D eigenvalue weighted by Gasteiger charge is 2.37. The van der Waals surface area contributed by atoms with Gasteiger partial charge in [0.25, 0.3) is 0 Å². The standard InChI is InChI=1S/C25H33F3N4O4/c1-25(2,3)36-24(35)31-10-8-30(9-11-31)20-6-7-32(14-19(20)28)15-12-17(26)22(18(27)13-15)16-4-5-21(33)29-23(16)34/h12-13,16,19-20H,4-11,14H2,1-3H3,(H,29,33,34)/t16?,19-,20+/m1/s1. The molecule has 0 spiro atoms. The molecule has 36 heavy (non-hydrogen) atoms. The summed E-state index contributed by atoms with van der Waals surface area (Å²) in [5, 5.41) is 2.12. The number of amides is 3.